The number of rotatable bonds is 12. The Balaban J connectivity index is 1.60. The molecule has 0 aromatic heterocycles. The van der Waals surface area contributed by atoms with E-state index in [0.29, 0.717) is 11.5 Å². The highest BCUT2D eigenvalue weighted by Gasteiger charge is 2.30. The molecule has 1 aliphatic carbocycles. The quantitative estimate of drug-likeness (QED) is 0.372. The lowest BCUT2D eigenvalue weighted by molar-refractivity contribution is -0.131. The molecule has 0 fully saturated rings. The van der Waals surface area contributed by atoms with Gasteiger partial charge in [-0.3, -0.25) is 0 Å². The van der Waals surface area contributed by atoms with Crippen molar-refractivity contribution >= 4 is 22.1 Å². The second-order valence-electron chi connectivity index (χ2n) is 10.0. The molecule has 1 aliphatic rings. The number of ether oxygens (including phenoxy) is 1. The van der Waals surface area contributed by atoms with Gasteiger partial charge in [0.25, 0.3) is 0 Å². The van der Waals surface area contributed by atoms with Crippen LogP contribution in [0.25, 0.3) is 6.08 Å². The molecule has 2 aromatic carbocycles. The van der Waals surface area contributed by atoms with Crippen LogP contribution >= 0.6 is 0 Å². The van der Waals surface area contributed by atoms with Gasteiger partial charge in [-0.05, 0) is 73.9 Å². The van der Waals surface area contributed by atoms with Crippen molar-refractivity contribution in [3.63, 3.8) is 0 Å². The minimum Gasteiger partial charge on any atom is -0.495 e. The first kappa shape index (κ1) is 27.9. The molecule has 0 spiro atoms. The molecule has 0 saturated carbocycles. The first-order chi connectivity index (χ1) is 16.9. The van der Waals surface area contributed by atoms with Crippen molar-refractivity contribution in [3.05, 3.63) is 65.2 Å². The molecule has 0 heterocycles. The second kappa shape index (κ2) is 11.6. The maximum Gasteiger partial charge on any atom is 0.328 e. The zero-order chi connectivity index (χ0) is 26.5. The van der Waals surface area contributed by atoms with Crippen LogP contribution < -0.4 is 10.1 Å². The Bertz CT molecular complexity index is 1180. The molecule has 0 aliphatic heterocycles. The summed E-state index contributed by atoms with van der Waals surface area (Å²) in [6.45, 7) is 4.33. The summed E-state index contributed by atoms with van der Waals surface area (Å²) in [5.74, 6) is -0.469. The largest absolute Gasteiger partial charge is 0.495 e. The zero-order valence-corrected chi connectivity index (χ0v) is 22.1. The number of aliphatic carboxylic acids is 1. The number of methoxy groups -OCH3 is 1. The van der Waals surface area contributed by atoms with E-state index >= 15 is 0 Å². The summed E-state index contributed by atoms with van der Waals surface area (Å²) < 4.78 is 32.8. The summed E-state index contributed by atoms with van der Waals surface area (Å²) in [5, 5.41) is 22.9. The number of carbonyl (C=O) groups is 1. The smallest absolute Gasteiger partial charge is 0.328 e. The van der Waals surface area contributed by atoms with Crippen LogP contribution in [0.5, 0.6) is 5.75 Å². The first-order valence-corrected chi connectivity index (χ1v) is 13.4. The van der Waals surface area contributed by atoms with Crippen LogP contribution in [0.3, 0.4) is 0 Å². The fraction of sp³-hybridized carbons (Fsp3) is 0.444. The number of carboxylic acid groups (broad SMARTS) is 1. The van der Waals surface area contributed by atoms with Gasteiger partial charge in [-0.2, -0.15) is 4.31 Å². The number of aliphatic hydroxyl groups is 1. The number of nitrogens with one attached hydrogen (secondary N) is 1. The van der Waals surface area contributed by atoms with Crippen LogP contribution in [0.1, 0.15) is 37.0 Å². The summed E-state index contributed by atoms with van der Waals surface area (Å²) in [7, 11) is -1.23. The van der Waals surface area contributed by atoms with E-state index in [2.05, 4.69) is 43.4 Å². The lowest BCUT2D eigenvalue weighted by atomic mass is 9.88. The highest BCUT2D eigenvalue weighted by molar-refractivity contribution is 7.89. The molecule has 2 aromatic rings. The Morgan fingerprint density at radius 2 is 1.86 bits per heavy atom. The van der Waals surface area contributed by atoms with Crippen molar-refractivity contribution in [2.24, 2.45) is 5.92 Å². The van der Waals surface area contributed by atoms with Crippen molar-refractivity contribution < 1.29 is 28.2 Å². The van der Waals surface area contributed by atoms with Crippen molar-refractivity contribution in [2.75, 3.05) is 27.2 Å². The van der Waals surface area contributed by atoms with E-state index in [0.717, 1.165) is 29.6 Å². The van der Waals surface area contributed by atoms with Crippen LogP contribution in [0.2, 0.25) is 0 Å². The highest BCUT2D eigenvalue weighted by atomic mass is 32.2. The molecule has 196 valence electrons. The lowest BCUT2D eigenvalue weighted by Crippen LogP contribution is -2.47. The minimum atomic E-state index is -4.00. The van der Waals surface area contributed by atoms with E-state index in [1.54, 1.807) is 6.07 Å². The Morgan fingerprint density at radius 3 is 2.44 bits per heavy atom. The zero-order valence-electron chi connectivity index (χ0n) is 21.3. The van der Waals surface area contributed by atoms with Gasteiger partial charge in [0, 0.05) is 31.8 Å². The van der Waals surface area contributed by atoms with Crippen LogP contribution in [0.4, 0.5) is 0 Å². The third kappa shape index (κ3) is 7.16. The van der Waals surface area contributed by atoms with Gasteiger partial charge in [-0.25, -0.2) is 13.2 Å². The number of fused-ring (bicyclic) bond motifs is 1. The summed E-state index contributed by atoms with van der Waals surface area (Å²) in [5.41, 5.74) is 2.99. The first-order valence-electron chi connectivity index (χ1n) is 12.0. The maximum absolute atomic E-state index is 13.3. The molecule has 3 rings (SSSR count). The molecule has 8 nitrogen and oxygen atoms in total. The molecule has 0 saturated heterocycles. The normalized spacial score (nSPS) is 15.4. The van der Waals surface area contributed by atoms with E-state index in [-0.39, 0.29) is 29.3 Å². The van der Waals surface area contributed by atoms with Crippen LogP contribution in [0.15, 0.2) is 53.4 Å². The Labute approximate surface area is 213 Å². The number of hydrogen-bond acceptors (Lipinski definition) is 6. The summed E-state index contributed by atoms with van der Waals surface area (Å²) in [6.07, 6.45) is 4.36. The second-order valence-corrected chi connectivity index (χ2v) is 12.0. The average molecular weight is 517 g/mol. The van der Waals surface area contributed by atoms with E-state index in [4.69, 9.17) is 9.84 Å². The molecule has 0 radical (unpaired) electrons. The summed E-state index contributed by atoms with van der Waals surface area (Å²) in [6, 6.07) is 12.9. The standard InChI is InChI=1S/C27H36N2O6S/c1-27(2,16-20-13-21-7-5-6-8-22(21)14-20)28-17-23(30)18-29(3)36(33,34)25-15-19(10-12-26(31)32)9-11-24(25)35-4/h5-12,15,20,23,28,30H,13-14,16-18H2,1-4H3,(H,31,32)/b12-10+. The third-order valence-electron chi connectivity index (χ3n) is 6.51. The van der Waals surface area contributed by atoms with Gasteiger partial charge in [0.1, 0.15) is 10.6 Å². The number of likely N-dealkylation sites (N-methyl/N-ethyl adjacent to an activating group) is 1. The molecule has 0 amide bonds. The van der Waals surface area contributed by atoms with Crippen molar-refractivity contribution in [1.29, 1.82) is 0 Å². The highest BCUT2D eigenvalue weighted by Crippen LogP contribution is 2.32. The minimum absolute atomic E-state index is 0.0960. The van der Waals surface area contributed by atoms with Gasteiger partial charge in [-0.1, -0.05) is 30.3 Å². The van der Waals surface area contributed by atoms with E-state index in [1.807, 2.05) is 0 Å². The van der Waals surface area contributed by atoms with E-state index in [1.165, 1.54) is 43.5 Å². The van der Waals surface area contributed by atoms with Crippen molar-refractivity contribution in [1.82, 2.24) is 9.62 Å². The molecule has 1 unspecified atom stereocenters. The van der Waals surface area contributed by atoms with Crippen LogP contribution in [0, 0.1) is 5.92 Å². The number of β-amino-alcohol motifs (C(OH)–C–C–N with tert-alkyl or cyclic N) is 1. The van der Waals surface area contributed by atoms with Crippen LogP contribution in [-0.4, -0.2) is 67.8 Å². The third-order valence-corrected chi connectivity index (χ3v) is 8.36. The fourth-order valence-corrected chi connectivity index (χ4v) is 6.17. The molecule has 3 N–H and O–H groups in total. The Kier molecular flexibility index (Phi) is 8.94. The lowest BCUT2D eigenvalue weighted by Gasteiger charge is -2.31. The van der Waals surface area contributed by atoms with Gasteiger partial charge in [0.2, 0.25) is 10.0 Å². The number of nitrogens with zero attached hydrogens (tertiary/aromatic N) is 1. The predicted octanol–water partition coefficient (Wildman–Crippen LogP) is 2.95. The van der Waals surface area contributed by atoms with E-state index < -0.39 is 22.1 Å². The molecule has 0 bridgehead atoms. The number of aliphatic hydroxyl groups excluding tert-OH is 1. The number of sulfonamides is 1. The van der Waals surface area contributed by atoms with Crippen molar-refractivity contribution in [2.45, 2.75) is 49.6 Å². The topological polar surface area (TPSA) is 116 Å². The van der Waals surface area contributed by atoms with Crippen LogP contribution in [-0.2, 0) is 27.7 Å². The Morgan fingerprint density at radius 1 is 1.22 bits per heavy atom. The monoisotopic (exact) mass is 516 g/mol. The number of hydrogen-bond donors (Lipinski definition) is 3. The van der Waals surface area contributed by atoms with Gasteiger partial charge in [0.05, 0.1) is 13.2 Å². The summed E-state index contributed by atoms with van der Waals surface area (Å²) in [4.78, 5) is 10.7. The molecule has 36 heavy (non-hydrogen) atoms. The van der Waals surface area contributed by atoms with Crippen molar-refractivity contribution in [3.8, 4) is 5.75 Å². The SMILES string of the molecule is COc1ccc(/C=C/C(=O)O)cc1S(=O)(=O)N(C)CC(O)CNC(C)(C)CC1Cc2ccccc2C1. The fourth-order valence-electron chi connectivity index (χ4n) is 4.78. The maximum atomic E-state index is 13.3. The number of benzene rings is 2. The van der Waals surface area contributed by atoms with E-state index in [9.17, 15) is 18.3 Å². The molecule has 1 atom stereocenters. The predicted molar refractivity (Wildman–Crippen MR) is 140 cm³/mol. The number of carboxylic acids is 1. The molecule has 9 heteroatoms. The summed E-state index contributed by atoms with van der Waals surface area (Å²) >= 11 is 0. The molecular weight excluding hydrogens is 480 g/mol. The van der Waals surface area contributed by atoms with Gasteiger partial charge in [0.15, 0.2) is 0 Å². The molecular formula is C27H36N2O6S. The Hall–Kier alpha value is -2.72. The van der Waals surface area contributed by atoms with Gasteiger partial charge >= 0.3 is 5.97 Å². The van der Waals surface area contributed by atoms with Gasteiger partial charge in [-0.15, -0.1) is 0 Å². The van der Waals surface area contributed by atoms with Gasteiger partial charge < -0.3 is 20.3 Å². The average Bonchev–Trinajstić information content (AvgIpc) is 3.22.